The Morgan fingerprint density at radius 1 is 1.67 bits per heavy atom. The van der Waals surface area contributed by atoms with E-state index >= 15 is 0 Å². The van der Waals surface area contributed by atoms with Gasteiger partial charge in [-0.3, -0.25) is 10.6 Å². The Balaban J connectivity index is 3.10. The van der Waals surface area contributed by atoms with E-state index in [2.05, 4.69) is 10.3 Å². The van der Waals surface area contributed by atoms with Crippen LogP contribution in [0.5, 0.6) is 0 Å². The molecular formula is C11H16FN5O4. The predicted octanol–water partition coefficient (Wildman–Crippen LogP) is -1.65. The van der Waals surface area contributed by atoms with Gasteiger partial charge in [0.1, 0.15) is 11.9 Å². The maximum absolute atomic E-state index is 14.5. The van der Waals surface area contributed by atoms with Gasteiger partial charge >= 0.3 is 0 Å². The first-order chi connectivity index (χ1) is 9.77. The highest BCUT2D eigenvalue weighted by Gasteiger charge is 2.62. The molecule has 21 heavy (non-hydrogen) atoms. The van der Waals surface area contributed by atoms with Crippen molar-refractivity contribution in [3.63, 3.8) is 0 Å². The molecule has 0 spiro atoms. The fraction of sp³-hybridized carbons (Fsp3) is 0.545. The number of aliphatic hydroxyl groups is 2. The molecule has 7 N–H and O–H groups in total. The highest BCUT2D eigenvalue weighted by atomic mass is 19.1. The van der Waals surface area contributed by atoms with Crippen LogP contribution in [-0.2, 0) is 4.74 Å². The van der Waals surface area contributed by atoms with Crippen molar-refractivity contribution in [1.29, 1.82) is 10.8 Å². The third kappa shape index (κ3) is 3.01. The minimum atomic E-state index is -2.45. The molecule has 0 bridgehead atoms. The molecule has 116 valence electrons. The number of terminal acetylenes is 1. The van der Waals surface area contributed by atoms with Crippen molar-refractivity contribution in [3.8, 4) is 12.3 Å². The molecular weight excluding hydrogens is 285 g/mol. The number of halogens is 1. The van der Waals surface area contributed by atoms with Gasteiger partial charge in [0.2, 0.25) is 5.96 Å². The Morgan fingerprint density at radius 2 is 2.29 bits per heavy atom. The number of rotatable bonds is 3. The number of nitrogens with zero attached hydrogens (tertiary/aromatic N) is 1. The zero-order valence-corrected chi connectivity index (χ0v) is 11.1. The van der Waals surface area contributed by atoms with Gasteiger partial charge in [-0.15, -0.1) is 6.42 Å². The molecule has 4 atom stereocenters. The van der Waals surface area contributed by atoms with Gasteiger partial charge in [-0.25, -0.2) is 14.9 Å². The third-order valence-electron chi connectivity index (χ3n) is 3.01. The highest BCUT2D eigenvalue weighted by molar-refractivity contribution is 6.30. The quantitative estimate of drug-likeness (QED) is 0.143. The van der Waals surface area contributed by atoms with E-state index in [1.54, 1.807) is 5.48 Å². The second-order valence-corrected chi connectivity index (χ2v) is 4.49. The summed E-state index contributed by atoms with van der Waals surface area (Å²) < 4.78 is 19.6. The summed E-state index contributed by atoms with van der Waals surface area (Å²) in [4.78, 5) is 3.61. The number of nitrogens with one attached hydrogen (secondary N) is 4. The van der Waals surface area contributed by atoms with E-state index in [9.17, 15) is 14.6 Å². The van der Waals surface area contributed by atoms with Crippen LogP contribution < -0.4 is 10.8 Å². The van der Waals surface area contributed by atoms with Crippen molar-refractivity contribution in [2.75, 3.05) is 6.61 Å². The predicted molar refractivity (Wildman–Crippen MR) is 71.0 cm³/mol. The summed E-state index contributed by atoms with van der Waals surface area (Å²) in [5.74, 6) is 1.06. The second-order valence-electron chi connectivity index (χ2n) is 4.49. The molecule has 0 unspecified atom stereocenters. The molecule has 1 rings (SSSR count). The van der Waals surface area contributed by atoms with E-state index in [0.717, 1.165) is 6.92 Å². The van der Waals surface area contributed by atoms with E-state index in [4.69, 9.17) is 27.2 Å². The Kier molecular flexibility index (Phi) is 4.97. The molecule has 1 fully saturated rings. The molecule has 1 saturated heterocycles. The lowest BCUT2D eigenvalue weighted by molar-refractivity contribution is -0.0695. The van der Waals surface area contributed by atoms with E-state index in [-0.39, 0.29) is 0 Å². The second kappa shape index (κ2) is 6.15. The zero-order chi connectivity index (χ0) is 16.3. The number of ether oxygens (including phenoxy) is 1. The fourth-order valence-corrected chi connectivity index (χ4v) is 1.77. The van der Waals surface area contributed by atoms with Crippen LogP contribution in [0.15, 0.2) is 4.99 Å². The number of hydrogen-bond acceptors (Lipinski definition) is 7. The number of hydrogen-bond donors (Lipinski definition) is 7. The van der Waals surface area contributed by atoms with Crippen LogP contribution in [0.25, 0.3) is 0 Å². The average molecular weight is 301 g/mol. The first kappa shape index (κ1) is 17.0. The number of aliphatic hydroxyl groups excluding tert-OH is 2. The lowest BCUT2D eigenvalue weighted by atomic mass is 9.90. The number of hydroxylamine groups is 1. The lowest BCUT2D eigenvalue weighted by Crippen LogP contribution is -2.49. The minimum Gasteiger partial charge on any atom is -0.392 e. The monoisotopic (exact) mass is 301 g/mol. The number of guanidine groups is 1. The van der Waals surface area contributed by atoms with Gasteiger partial charge in [0, 0.05) is 0 Å². The number of amidine groups is 1. The van der Waals surface area contributed by atoms with Crippen LogP contribution in [0, 0.1) is 23.2 Å². The fourth-order valence-electron chi connectivity index (χ4n) is 1.77. The van der Waals surface area contributed by atoms with E-state index in [0.29, 0.717) is 6.21 Å². The van der Waals surface area contributed by atoms with Gasteiger partial charge in [-0.1, -0.05) is 5.92 Å². The van der Waals surface area contributed by atoms with Crippen molar-refractivity contribution >= 4 is 18.0 Å². The van der Waals surface area contributed by atoms with E-state index in [1.165, 1.54) is 0 Å². The number of aliphatic imine (C=N–C) groups is 1. The largest absolute Gasteiger partial charge is 0.392 e. The molecule has 0 aromatic rings. The normalized spacial score (nSPS) is 35.9. The van der Waals surface area contributed by atoms with Gasteiger partial charge in [0.25, 0.3) is 0 Å². The SMILES string of the molecule is C#C[C@]1(CO)O[C@@H](N=C(NO)NC(=N)C=N)[C@](C)(F)[C@@H]1O. The molecule has 10 heteroatoms. The lowest BCUT2D eigenvalue weighted by Gasteiger charge is -2.25. The first-order valence-electron chi connectivity index (χ1n) is 5.74. The third-order valence-corrected chi connectivity index (χ3v) is 3.01. The molecule has 0 saturated carbocycles. The molecule has 1 aliphatic heterocycles. The summed E-state index contributed by atoms with van der Waals surface area (Å²) in [5.41, 5.74) is -2.86. The van der Waals surface area contributed by atoms with Crippen LogP contribution in [-0.4, -0.2) is 63.6 Å². The minimum absolute atomic E-state index is 0.445. The van der Waals surface area contributed by atoms with Gasteiger partial charge in [0.05, 0.1) is 12.8 Å². The van der Waals surface area contributed by atoms with Gasteiger partial charge < -0.3 is 25.7 Å². The first-order valence-corrected chi connectivity index (χ1v) is 5.74. The van der Waals surface area contributed by atoms with Gasteiger partial charge in [-0.05, 0) is 6.92 Å². The van der Waals surface area contributed by atoms with Crippen molar-refractivity contribution in [2.24, 2.45) is 4.99 Å². The molecule has 0 radical (unpaired) electrons. The van der Waals surface area contributed by atoms with Crippen LogP contribution >= 0.6 is 0 Å². The van der Waals surface area contributed by atoms with Crippen molar-refractivity contribution in [2.45, 2.75) is 30.5 Å². The molecule has 0 aliphatic carbocycles. The molecule has 0 aromatic carbocycles. The number of alkyl halides is 1. The maximum atomic E-state index is 14.5. The summed E-state index contributed by atoms with van der Waals surface area (Å²) in [5, 5.41) is 44.1. The Bertz CT molecular complexity index is 503. The van der Waals surface area contributed by atoms with Crippen LogP contribution in [0.3, 0.4) is 0 Å². The van der Waals surface area contributed by atoms with Gasteiger partial charge in [-0.2, -0.15) is 0 Å². The Hall–Kier alpha value is -2.06. The summed E-state index contributed by atoms with van der Waals surface area (Å²) in [6.45, 7) is 0.138. The summed E-state index contributed by atoms with van der Waals surface area (Å²) in [6, 6.07) is 0. The standard InChI is InChI=1S/C11H16FN5O4/c1-3-11(5-18)7(19)10(2,12)8(21-11)16-9(17-20)15-6(14)4-13/h1,4,7-8,13,18-20H,5H2,2H3,(H3,14,15,16,17)/t7-,8+,10+,11+/m0/s1. The molecule has 9 nitrogen and oxygen atoms in total. The average Bonchev–Trinajstić information content (AvgIpc) is 2.67. The molecule has 0 aromatic heterocycles. The summed E-state index contributed by atoms with van der Waals surface area (Å²) in [6.07, 6.45) is 2.27. The topological polar surface area (TPSA) is 154 Å². The smallest absolute Gasteiger partial charge is 0.223 e. The van der Waals surface area contributed by atoms with Crippen LogP contribution in [0.2, 0.25) is 0 Å². The van der Waals surface area contributed by atoms with E-state index < -0.39 is 42.0 Å². The zero-order valence-electron chi connectivity index (χ0n) is 11.1. The van der Waals surface area contributed by atoms with Crippen molar-refractivity contribution in [3.05, 3.63) is 0 Å². The maximum Gasteiger partial charge on any atom is 0.223 e. The van der Waals surface area contributed by atoms with Crippen LogP contribution in [0.1, 0.15) is 6.92 Å². The molecule has 1 heterocycles. The Labute approximate surface area is 119 Å². The van der Waals surface area contributed by atoms with Gasteiger partial charge in [0.15, 0.2) is 17.5 Å². The Morgan fingerprint density at radius 3 is 2.67 bits per heavy atom. The molecule has 0 amide bonds. The highest BCUT2D eigenvalue weighted by Crippen LogP contribution is 2.41. The van der Waals surface area contributed by atoms with Crippen molar-refractivity contribution in [1.82, 2.24) is 10.8 Å². The van der Waals surface area contributed by atoms with Crippen LogP contribution in [0.4, 0.5) is 4.39 Å². The van der Waals surface area contributed by atoms with Crippen molar-refractivity contribution < 1.29 is 24.5 Å². The molecule has 1 aliphatic rings. The van der Waals surface area contributed by atoms with E-state index in [1.807, 2.05) is 5.92 Å². The summed E-state index contributed by atoms with van der Waals surface area (Å²) in [7, 11) is 0. The summed E-state index contributed by atoms with van der Waals surface area (Å²) >= 11 is 0.